The van der Waals surface area contributed by atoms with Crippen LogP contribution in [0.3, 0.4) is 0 Å². The molecule has 20 heavy (non-hydrogen) atoms. The van der Waals surface area contributed by atoms with E-state index < -0.39 is 0 Å². The molecule has 3 nitrogen and oxygen atoms in total. The van der Waals surface area contributed by atoms with E-state index in [1.54, 1.807) is 0 Å². The van der Waals surface area contributed by atoms with Crippen LogP contribution in [0.1, 0.15) is 37.9 Å². The van der Waals surface area contributed by atoms with E-state index in [0.29, 0.717) is 12.1 Å². The third-order valence-electron chi connectivity index (χ3n) is 4.29. The van der Waals surface area contributed by atoms with Crippen LogP contribution >= 0.6 is 0 Å². The van der Waals surface area contributed by atoms with Crippen molar-refractivity contribution in [3.63, 3.8) is 0 Å². The SMILES string of the molecule is CC(Cn1ccnc1)NC1c2ccccc2CC1(C)C. The Balaban J connectivity index is 1.75. The summed E-state index contributed by atoms with van der Waals surface area (Å²) in [5, 5.41) is 3.81. The van der Waals surface area contributed by atoms with Gasteiger partial charge in [-0.1, -0.05) is 38.1 Å². The average molecular weight is 269 g/mol. The molecule has 1 aromatic carbocycles. The summed E-state index contributed by atoms with van der Waals surface area (Å²) in [6.45, 7) is 7.91. The van der Waals surface area contributed by atoms with Crippen molar-refractivity contribution in [1.29, 1.82) is 0 Å². The highest BCUT2D eigenvalue weighted by atomic mass is 15.1. The standard InChI is InChI=1S/C17H23N3/c1-13(11-20-9-8-18-12-20)19-16-15-7-5-4-6-14(15)10-17(16,2)3/h4-9,12-13,16,19H,10-11H2,1-3H3. The molecule has 0 radical (unpaired) electrons. The van der Waals surface area contributed by atoms with Crippen molar-refractivity contribution in [2.24, 2.45) is 5.41 Å². The highest BCUT2D eigenvalue weighted by molar-refractivity contribution is 5.37. The van der Waals surface area contributed by atoms with Gasteiger partial charge in [0.2, 0.25) is 0 Å². The van der Waals surface area contributed by atoms with E-state index in [1.807, 2.05) is 18.7 Å². The molecule has 1 aromatic heterocycles. The Kier molecular flexibility index (Phi) is 3.38. The summed E-state index contributed by atoms with van der Waals surface area (Å²) in [7, 11) is 0. The Hall–Kier alpha value is -1.61. The fraction of sp³-hybridized carbons (Fsp3) is 0.471. The van der Waals surface area contributed by atoms with Gasteiger partial charge in [-0.2, -0.15) is 0 Å². The fourth-order valence-corrected chi connectivity index (χ4v) is 3.35. The lowest BCUT2D eigenvalue weighted by Gasteiger charge is -2.31. The molecule has 2 unspecified atom stereocenters. The molecular weight excluding hydrogens is 246 g/mol. The van der Waals surface area contributed by atoms with Gasteiger partial charge in [0.1, 0.15) is 0 Å². The second kappa shape index (κ2) is 5.06. The van der Waals surface area contributed by atoms with Crippen LogP contribution < -0.4 is 5.32 Å². The van der Waals surface area contributed by atoms with E-state index in [1.165, 1.54) is 11.1 Å². The number of nitrogens with one attached hydrogen (secondary N) is 1. The summed E-state index contributed by atoms with van der Waals surface area (Å²) in [6.07, 6.45) is 6.89. The third kappa shape index (κ3) is 2.50. The van der Waals surface area contributed by atoms with Crippen LogP contribution in [0, 0.1) is 5.41 Å². The van der Waals surface area contributed by atoms with Gasteiger partial charge in [-0.05, 0) is 29.9 Å². The maximum atomic E-state index is 4.11. The molecule has 0 saturated carbocycles. The van der Waals surface area contributed by atoms with Crippen molar-refractivity contribution in [2.45, 2.75) is 45.8 Å². The van der Waals surface area contributed by atoms with E-state index in [0.717, 1.165) is 13.0 Å². The molecule has 0 saturated heterocycles. The molecule has 0 aliphatic heterocycles. The summed E-state index contributed by atoms with van der Waals surface area (Å²) < 4.78 is 2.13. The molecule has 0 bridgehead atoms. The second-order valence-corrected chi connectivity index (χ2v) is 6.62. The predicted molar refractivity (Wildman–Crippen MR) is 81.5 cm³/mol. The fourth-order valence-electron chi connectivity index (χ4n) is 3.35. The van der Waals surface area contributed by atoms with Crippen LogP contribution in [0.15, 0.2) is 43.0 Å². The van der Waals surface area contributed by atoms with E-state index in [-0.39, 0.29) is 5.41 Å². The zero-order valence-electron chi connectivity index (χ0n) is 12.5. The highest BCUT2D eigenvalue weighted by Gasteiger charge is 2.38. The van der Waals surface area contributed by atoms with Gasteiger partial charge in [0.05, 0.1) is 6.33 Å². The molecule has 1 N–H and O–H groups in total. The number of hydrogen-bond acceptors (Lipinski definition) is 2. The smallest absolute Gasteiger partial charge is 0.0946 e. The Morgan fingerprint density at radius 2 is 2.20 bits per heavy atom. The number of benzene rings is 1. The van der Waals surface area contributed by atoms with E-state index in [2.05, 4.69) is 59.9 Å². The Bertz CT molecular complexity index is 572. The molecule has 0 spiro atoms. The van der Waals surface area contributed by atoms with Gasteiger partial charge >= 0.3 is 0 Å². The quantitative estimate of drug-likeness (QED) is 0.924. The molecule has 1 aliphatic carbocycles. The minimum Gasteiger partial charge on any atom is -0.336 e. The number of fused-ring (bicyclic) bond motifs is 1. The minimum atomic E-state index is 0.271. The highest BCUT2D eigenvalue weighted by Crippen LogP contribution is 2.45. The zero-order chi connectivity index (χ0) is 14.2. The van der Waals surface area contributed by atoms with Crippen molar-refractivity contribution in [3.8, 4) is 0 Å². The molecule has 3 heteroatoms. The van der Waals surface area contributed by atoms with Crippen LogP contribution in [0.4, 0.5) is 0 Å². The Morgan fingerprint density at radius 3 is 2.95 bits per heavy atom. The largest absolute Gasteiger partial charge is 0.336 e. The molecule has 1 heterocycles. The van der Waals surface area contributed by atoms with Crippen LogP contribution in [-0.2, 0) is 13.0 Å². The minimum absolute atomic E-state index is 0.271. The molecule has 3 rings (SSSR count). The maximum Gasteiger partial charge on any atom is 0.0946 e. The van der Waals surface area contributed by atoms with Gasteiger partial charge in [0.15, 0.2) is 0 Å². The van der Waals surface area contributed by atoms with Gasteiger partial charge in [-0.3, -0.25) is 0 Å². The van der Waals surface area contributed by atoms with E-state index in [9.17, 15) is 0 Å². The molecule has 0 fully saturated rings. The van der Waals surface area contributed by atoms with Crippen LogP contribution in [0.5, 0.6) is 0 Å². The van der Waals surface area contributed by atoms with Crippen LogP contribution in [0.2, 0.25) is 0 Å². The summed E-state index contributed by atoms with van der Waals surface area (Å²) in [4.78, 5) is 4.11. The van der Waals surface area contributed by atoms with Gasteiger partial charge in [-0.25, -0.2) is 4.98 Å². The lowest BCUT2D eigenvalue weighted by Crippen LogP contribution is -2.39. The van der Waals surface area contributed by atoms with Crippen molar-refractivity contribution >= 4 is 0 Å². The van der Waals surface area contributed by atoms with Crippen molar-refractivity contribution in [1.82, 2.24) is 14.9 Å². The molecular formula is C17H23N3. The number of hydrogen-bond donors (Lipinski definition) is 1. The second-order valence-electron chi connectivity index (χ2n) is 6.62. The summed E-state index contributed by atoms with van der Waals surface area (Å²) in [5.74, 6) is 0. The van der Waals surface area contributed by atoms with Crippen molar-refractivity contribution in [3.05, 3.63) is 54.1 Å². The maximum absolute atomic E-state index is 4.11. The lowest BCUT2D eigenvalue weighted by atomic mass is 9.85. The van der Waals surface area contributed by atoms with Gasteiger partial charge in [0, 0.05) is 31.0 Å². The van der Waals surface area contributed by atoms with Crippen molar-refractivity contribution in [2.75, 3.05) is 0 Å². The summed E-state index contributed by atoms with van der Waals surface area (Å²) >= 11 is 0. The van der Waals surface area contributed by atoms with Crippen LogP contribution in [0.25, 0.3) is 0 Å². The van der Waals surface area contributed by atoms with Gasteiger partial charge in [-0.15, -0.1) is 0 Å². The summed E-state index contributed by atoms with van der Waals surface area (Å²) in [6, 6.07) is 9.67. The molecule has 106 valence electrons. The number of aromatic nitrogens is 2. The molecule has 2 aromatic rings. The number of nitrogens with zero attached hydrogens (tertiary/aromatic N) is 2. The van der Waals surface area contributed by atoms with Crippen molar-refractivity contribution < 1.29 is 0 Å². The van der Waals surface area contributed by atoms with Crippen LogP contribution in [-0.4, -0.2) is 15.6 Å². The third-order valence-corrected chi connectivity index (χ3v) is 4.29. The average Bonchev–Trinajstić information content (AvgIpc) is 2.97. The first kappa shape index (κ1) is 13.4. The molecule has 1 aliphatic rings. The first-order chi connectivity index (χ1) is 9.56. The molecule has 0 amide bonds. The first-order valence-electron chi connectivity index (χ1n) is 7.36. The number of rotatable bonds is 4. The Labute approximate surface area is 121 Å². The van der Waals surface area contributed by atoms with Gasteiger partial charge in [0.25, 0.3) is 0 Å². The molecule has 2 atom stereocenters. The normalized spacial score (nSPS) is 21.6. The predicted octanol–water partition coefficient (Wildman–Crippen LogP) is 3.18. The van der Waals surface area contributed by atoms with Gasteiger partial charge < -0.3 is 9.88 Å². The number of imidazole rings is 1. The Morgan fingerprint density at radius 1 is 1.40 bits per heavy atom. The van der Waals surface area contributed by atoms with E-state index in [4.69, 9.17) is 0 Å². The monoisotopic (exact) mass is 269 g/mol. The topological polar surface area (TPSA) is 29.9 Å². The lowest BCUT2D eigenvalue weighted by molar-refractivity contribution is 0.244. The first-order valence-corrected chi connectivity index (χ1v) is 7.36. The van der Waals surface area contributed by atoms with E-state index >= 15 is 0 Å². The summed E-state index contributed by atoms with van der Waals surface area (Å²) in [5.41, 5.74) is 3.23. The zero-order valence-corrected chi connectivity index (χ0v) is 12.5.